The molecule has 0 atom stereocenters. The Morgan fingerprint density at radius 2 is 1.76 bits per heavy atom. The van der Waals surface area contributed by atoms with Gasteiger partial charge in [-0.3, -0.25) is 4.79 Å². The number of sulfonamides is 1. The van der Waals surface area contributed by atoms with Crippen LogP contribution in [0.2, 0.25) is 0 Å². The number of carbonyl (C=O) groups excluding carboxylic acids is 1. The zero-order valence-electron chi connectivity index (χ0n) is 17.1. The molecule has 8 heteroatoms. The average Bonchev–Trinajstić information content (AvgIpc) is 2.64. The van der Waals surface area contributed by atoms with Crippen LogP contribution in [0.15, 0.2) is 53.4 Å². The Hall–Kier alpha value is -2.84. The zero-order chi connectivity index (χ0) is 21.7. The van der Waals surface area contributed by atoms with Crippen LogP contribution in [0.4, 0.5) is 5.69 Å². The van der Waals surface area contributed by atoms with Crippen LogP contribution in [0, 0.1) is 0 Å². The molecule has 0 aliphatic carbocycles. The van der Waals surface area contributed by atoms with E-state index in [-0.39, 0.29) is 4.90 Å². The van der Waals surface area contributed by atoms with Gasteiger partial charge in [-0.05, 0) is 63.2 Å². The van der Waals surface area contributed by atoms with Gasteiger partial charge in [0.05, 0.1) is 19.1 Å². The number of rotatable bonds is 7. The summed E-state index contributed by atoms with van der Waals surface area (Å²) in [6.45, 7) is 5.27. The van der Waals surface area contributed by atoms with Crippen molar-refractivity contribution in [2.45, 2.75) is 31.2 Å². The highest BCUT2D eigenvalue weighted by atomic mass is 32.2. The van der Waals surface area contributed by atoms with Gasteiger partial charge in [0, 0.05) is 22.9 Å². The maximum atomic E-state index is 12.5. The Labute approximate surface area is 171 Å². The van der Waals surface area contributed by atoms with Crippen molar-refractivity contribution in [1.29, 1.82) is 0 Å². The van der Waals surface area contributed by atoms with Gasteiger partial charge in [0.1, 0.15) is 11.5 Å². The minimum atomic E-state index is -3.70. The zero-order valence-corrected chi connectivity index (χ0v) is 18.0. The van der Waals surface area contributed by atoms with Gasteiger partial charge in [0.25, 0.3) is 0 Å². The summed E-state index contributed by atoms with van der Waals surface area (Å²) >= 11 is 0. The Kier molecular flexibility index (Phi) is 7.05. The van der Waals surface area contributed by atoms with Gasteiger partial charge in [-0.25, -0.2) is 13.1 Å². The molecular formula is C21H26N2O5S. The van der Waals surface area contributed by atoms with Crippen molar-refractivity contribution in [3.63, 3.8) is 0 Å². The minimum absolute atomic E-state index is 0.0728. The molecule has 2 aromatic carbocycles. The van der Waals surface area contributed by atoms with Crippen molar-refractivity contribution < 1.29 is 22.7 Å². The lowest BCUT2D eigenvalue weighted by molar-refractivity contribution is -0.111. The number of anilines is 1. The monoisotopic (exact) mass is 418 g/mol. The first-order chi connectivity index (χ1) is 13.5. The molecule has 0 saturated carbocycles. The molecule has 0 aromatic heterocycles. The molecule has 0 bridgehead atoms. The van der Waals surface area contributed by atoms with Crippen molar-refractivity contribution in [3.8, 4) is 11.5 Å². The number of nitrogens with one attached hydrogen (secondary N) is 2. The second kappa shape index (κ2) is 9.11. The summed E-state index contributed by atoms with van der Waals surface area (Å²) in [6, 6.07) is 11.3. The van der Waals surface area contributed by atoms with Gasteiger partial charge in [-0.2, -0.15) is 0 Å². The molecule has 1 amide bonds. The van der Waals surface area contributed by atoms with Crippen LogP contribution in [0.1, 0.15) is 26.3 Å². The number of hydrogen-bond acceptors (Lipinski definition) is 5. The molecule has 0 aliphatic rings. The van der Waals surface area contributed by atoms with E-state index in [0.29, 0.717) is 22.7 Å². The SMILES string of the molecule is COc1ccc(OC)c(/C=C/C(=O)Nc2cccc(S(=O)(=O)NC(C)(C)C)c2)c1. The highest BCUT2D eigenvalue weighted by molar-refractivity contribution is 7.89. The summed E-state index contributed by atoms with van der Waals surface area (Å²) in [5.41, 5.74) is 0.429. The van der Waals surface area contributed by atoms with Crippen LogP contribution >= 0.6 is 0 Å². The number of hydrogen-bond donors (Lipinski definition) is 2. The molecule has 0 saturated heterocycles. The predicted molar refractivity (Wildman–Crippen MR) is 114 cm³/mol. The van der Waals surface area contributed by atoms with Gasteiger partial charge in [0.2, 0.25) is 15.9 Å². The van der Waals surface area contributed by atoms with Gasteiger partial charge in [-0.1, -0.05) is 6.07 Å². The largest absolute Gasteiger partial charge is 0.497 e. The molecule has 0 fully saturated rings. The molecule has 0 heterocycles. The first-order valence-electron chi connectivity index (χ1n) is 8.89. The fourth-order valence-corrected chi connectivity index (χ4v) is 3.99. The highest BCUT2D eigenvalue weighted by Gasteiger charge is 2.22. The maximum Gasteiger partial charge on any atom is 0.248 e. The number of amides is 1. The Bertz CT molecular complexity index is 1010. The standard InChI is InChI=1S/C21H26N2O5S/c1-21(2,3)23-29(25,26)18-8-6-7-16(14-18)22-20(24)12-9-15-13-17(27-4)10-11-19(15)28-5/h6-14,23H,1-5H3,(H,22,24)/b12-9+. The van der Waals surface area contributed by atoms with E-state index in [4.69, 9.17) is 9.47 Å². The van der Waals surface area contributed by atoms with E-state index in [1.165, 1.54) is 25.3 Å². The number of carbonyl (C=O) groups is 1. The lowest BCUT2D eigenvalue weighted by atomic mass is 10.1. The van der Waals surface area contributed by atoms with Gasteiger partial charge < -0.3 is 14.8 Å². The summed E-state index contributed by atoms with van der Waals surface area (Å²) in [6.07, 6.45) is 2.93. The highest BCUT2D eigenvalue weighted by Crippen LogP contribution is 2.25. The van der Waals surface area contributed by atoms with Crippen molar-refractivity contribution in [1.82, 2.24) is 4.72 Å². The lowest BCUT2D eigenvalue weighted by Gasteiger charge is -2.20. The summed E-state index contributed by atoms with van der Waals surface area (Å²) < 4.78 is 38.0. The quantitative estimate of drug-likeness (QED) is 0.672. The van der Waals surface area contributed by atoms with Crippen LogP contribution in [-0.2, 0) is 14.8 Å². The van der Waals surface area contributed by atoms with Crippen LogP contribution in [0.5, 0.6) is 11.5 Å². The summed E-state index contributed by atoms with van der Waals surface area (Å²) in [5, 5.41) is 2.66. The second-order valence-electron chi connectivity index (χ2n) is 7.31. The summed E-state index contributed by atoms with van der Waals surface area (Å²) in [4.78, 5) is 12.4. The van der Waals surface area contributed by atoms with E-state index in [9.17, 15) is 13.2 Å². The molecule has 0 aliphatic heterocycles. The molecule has 0 unspecified atom stereocenters. The Balaban J connectivity index is 2.17. The Morgan fingerprint density at radius 1 is 1.03 bits per heavy atom. The van der Waals surface area contributed by atoms with Crippen molar-refractivity contribution in [3.05, 3.63) is 54.1 Å². The molecule has 29 heavy (non-hydrogen) atoms. The minimum Gasteiger partial charge on any atom is -0.497 e. The number of benzene rings is 2. The first kappa shape index (κ1) is 22.4. The normalized spacial score (nSPS) is 12.0. The Morgan fingerprint density at radius 3 is 2.38 bits per heavy atom. The molecule has 7 nitrogen and oxygen atoms in total. The van der Waals surface area contributed by atoms with Gasteiger partial charge in [0.15, 0.2) is 0 Å². The van der Waals surface area contributed by atoms with Crippen LogP contribution in [0.25, 0.3) is 6.08 Å². The van der Waals surface area contributed by atoms with Crippen LogP contribution in [0.3, 0.4) is 0 Å². The van der Waals surface area contributed by atoms with Gasteiger partial charge >= 0.3 is 0 Å². The maximum absolute atomic E-state index is 12.5. The molecule has 0 spiro atoms. The van der Waals surface area contributed by atoms with Crippen molar-refractivity contribution in [2.75, 3.05) is 19.5 Å². The van der Waals surface area contributed by atoms with E-state index >= 15 is 0 Å². The van der Waals surface area contributed by atoms with E-state index in [1.807, 2.05) is 0 Å². The van der Waals surface area contributed by atoms with Crippen LogP contribution < -0.4 is 19.5 Å². The average molecular weight is 419 g/mol. The van der Waals surface area contributed by atoms with Crippen molar-refractivity contribution >= 4 is 27.7 Å². The van der Waals surface area contributed by atoms with E-state index < -0.39 is 21.5 Å². The molecule has 2 aromatic rings. The molecular weight excluding hydrogens is 392 g/mol. The smallest absolute Gasteiger partial charge is 0.248 e. The van der Waals surface area contributed by atoms with E-state index in [2.05, 4.69) is 10.0 Å². The fraction of sp³-hybridized carbons (Fsp3) is 0.286. The number of ether oxygens (including phenoxy) is 2. The summed E-state index contributed by atoms with van der Waals surface area (Å²) in [5.74, 6) is 0.819. The lowest BCUT2D eigenvalue weighted by Crippen LogP contribution is -2.40. The van der Waals surface area contributed by atoms with E-state index in [1.54, 1.807) is 64.3 Å². The topological polar surface area (TPSA) is 93.7 Å². The third-order valence-electron chi connectivity index (χ3n) is 3.70. The van der Waals surface area contributed by atoms with Crippen molar-refractivity contribution in [2.24, 2.45) is 0 Å². The first-order valence-corrected chi connectivity index (χ1v) is 10.4. The van der Waals surface area contributed by atoms with E-state index in [0.717, 1.165) is 0 Å². The van der Waals surface area contributed by atoms with Gasteiger partial charge in [-0.15, -0.1) is 0 Å². The number of methoxy groups -OCH3 is 2. The molecule has 2 N–H and O–H groups in total. The molecule has 0 radical (unpaired) electrons. The summed E-state index contributed by atoms with van der Waals surface area (Å²) in [7, 11) is -0.606. The van der Waals surface area contributed by atoms with Crippen LogP contribution in [-0.4, -0.2) is 34.1 Å². The second-order valence-corrected chi connectivity index (χ2v) is 9.00. The molecule has 156 valence electrons. The third kappa shape index (κ3) is 6.62. The molecule has 2 rings (SSSR count). The predicted octanol–water partition coefficient (Wildman–Crippen LogP) is 3.43. The fourth-order valence-electron chi connectivity index (χ4n) is 2.52. The third-order valence-corrected chi connectivity index (χ3v) is 5.46.